The highest BCUT2D eigenvalue weighted by atomic mass is 79.9. The first-order chi connectivity index (χ1) is 11.5. The van der Waals surface area contributed by atoms with Gasteiger partial charge in [0, 0.05) is 5.56 Å². The van der Waals surface area contributed by atoms with Gasteiger partial charge in [0.15, 0.2) is 11.5 Å². The number of hydrogen-bond donors (Lipinski definition) is 2. The molecule has 0 bridgehead atoms. The number of hydrogen-bond acceptors (Lipinski definition) is 5. The van der Waals surface area contributed by atoms with Gasteiger partial charge in [0.05, 0.1) is 31.3 Å². The van der Waals surface area contributed by atoms with E-state index in [1.165, 1.54) is 13.3 Å². The first kappa shape index (κ1) is 17.8. The van der Waals surface area contributed by atoms with Crippen LogP contribution >= 0.6 is 15.9 Å². The zero-order valence-electron chi connectivity index (χ0n) is 13.2. The first-order valence-electron chi connectivity index (χ1n) is 7.05. The van der Waals surface area contributed by atoms with Crippen LogP contribution in [0.25, 0.3) is 0 Å². The average Bonchev–Trinajstić information content (AvgIpc) is 2.59. The van der Waals surface area contributed by atoms with Crippen molar-refractivity contribution in [2.45, 2.75) is 6.42 Å². The lowest BCUT2D eigenvalue weighted by Gasteiger charge is -2.07. The summed E-state index contributed by atoms with van der Waals surface area (Å²) in [7, 11) is 3.06. The normalized spacial score (nSPS) is 10.6. The largest absolute Gasteiger partial charge is 0.503 e. The number of ether oxygens (including phenoxy) is 2. The third kappa shape index (κ3) is 4.48. The number of hydrazone groups is 1. The van der Waals surface area contributed by atoms with E-state index in [-0.39, 0.29) is 18.1 Å². The molecule has 0 aliphatic carbocycles. The van der Waals surface area contributed by atoms with Crippen LogP contribution < -0.4 is 14.9 Å². The van der Waals surface area contributed by atoms with E-state index in [4.69, 9.17) is 9.47 Å². The predicted octanol–water partition coefficient (Wildman–Crippen LogP) is 2.86. The summed E-state index contributed by atoms with van der Waals surface area (Å²) in [5.74, 6) is 0.820. The molecule has 2 aromatic carbocycles. The van der Waals surface area contributed by atoms with Crippen molar-refractivity contribution in [2.75, 3.05) is 14.2 Å². The second-order valence-electron chi connectivity index (χ2n) is 4.84. The van der Waals surface area contributed by atoms with Gasteiger partial charge in [-0.15, -0.1) is 0 Å². The molecule has 0 saturated heterocycles. The number of phenols is 1. The second-order valence-corrected chi connectivity index (χ2v) is 5.63. The highest BCUT2D eigenvalue weighted by Crippen LogP contribution is 2.35. The number of methoxy groups -OCH3 is 2. The van der Waals surface area contributed by atoms with E-state index in [0.717, 1.165) is 11.3 Å². The maximum absolute atomic E-state index is 11.9. The highest BCUT2D eigenvalue weighted by Gasteiger charge is 2.09. The Hall–Kier alpha value is -2.54. The number of halogens is 1. The SMILES string of the molecule is COc1ccc(CC(=O)N/N=C\c2ccc(OC)c(O)c2Br)cc1. The van der Waals surface area contributed by atoms with Crippen molar-refractivity contribution in [3.8, 4) is 17.2 Å². The van der Waals surface area contributed by atoms with Crippen LogP contribution in [0.5, 0.6) is 17.2 Å². The molecule has 2 aromatic rings. The molecular weight excluding hydrogens is 376 g/mol. The van der Waals surface area contributed by atoms with Crippen molar-refractivity contribution < 1.29 is 19.4 Å². The van der Waals surface area contributed by atoms with Gasteiger partial charge in [0.25, 0.3) is 0 Å². The van der Waals surface area contributed by atoms with Crippen LogP contribution in [-0.2, 0) is 11.2 Å². The van der Waals surface area contributed by atoms with Gasteiger partial charge < -0.3 is 14.6 Å². The van der Waals surface area contributed by atoms with Gasteiger partial charge in [0.2, 0.25) is 5.91 Å². The number of phenolic OH excluding ortho intramolecular Hbond substituents is 1. The third-order valence-corrected chi connectivity index (χ3v) is 4.08. The fourth-order valence-electron chi connectivity index (χ4n) is 1.97. The third-order valence-electron chi connectivity index (χ3n) is 3.25. The number of nitrogens with one attached hydrogen (secondary N) is 1. The Balaban J connectivity index is 1.95. The molecule has 24 heavy (non-hydrogen) atoms. The Morgan fingerprint density at radius 3 is 2.54 bits per heavy atom. The van der Waals surface area contributed by atoms with Gasteiger partial charge in [-0.25, -0.2) is 5.43 Å². The molecule has 0 aliphatic heterocycles. The lowest BCUT2D eigenvalue weighted by Crippen LogP contribution is -2.19. The number of carbonyl (C=O) groups is 1. The summed E-state index contributed by atoms with van der Waals surface area (Å²) in [6, 6.07) is 10.6. The van der Waals surface area contributed by atoms with E-state index in [9.17, 15) is 9.90 Å². The number of benzene rings is 2. The first-order valence-corrected chi connectivity index (χ1v) is 7.84. The van der Waals surface area contributed by atoms with Crippen LogP contribution in [-0.4, -0.2) is 31.4 Å². The quantitative estimate of drug-likeness (QED) is 0.584. The van der Waals surface area contributed by atoms with E-state index in [0.29, 0.717) is 15.8 Å². The molecule has 0 fully saturated rings. The molecule has 0 unspecified atom stereocenters. The van der Waals surface area contributed by atoms with E-state index in [1.807, 2.05) is 12.1 Å². The van der Waals surface area contributed by atoms with Gasteiger partial charge in [-0.2, -0.15) is 5.10 Å². The zero-order chi connectivity index (χ0) is 17.5. The molecule has 0 atom stereocenters. The Kier molecular flexibility index (Phi) is 6.20. The van der Waals surface area contributed by atoms with E-state index in [2.05, 4.69) is 26.5 Å². The zero-order valence-corrected chi connectivity index (χ0v) is 14.8. The molecule has 0 heterocycles. The lowest BCUT2D eigenvalue weighted by molar-refractivity contribution is -0.120. The lowest BCUT2D eigenvalue weighted by atomic mass is 10.1. The maximum atomic E-state index is 11.9. The molecule has 0 radical (unpaired) electrons. The van der Waals surface area contributed by atoms with Crippen molar-refractivity contribution in [1.82, 2.24) is 5.43 Å². The smallest absolute Gasteiger partial charge is 0.244 e. The van der Waals surface area contributed by atoms with Crippen molar-refractivity contribution in [2.24, 2.45) is 5.10 Å². The van der Waals surface area contributed by atoms with Crippen molar-refractivity contribution in [3.63, 3.8) is 0 Å². The van der Waals surface area contributed by atoms with Crippen molar-refractivity contribution in [3.05, 3.63) is 52.0 Å². The van der Waals surface area contributed by atoms with Gasteiger partial charge in [-0.1, -0.05) is 12.1 Å². The minimum Gasteiger partial charge on any atom is -0.503 e. The summed E-state index contributed by atoms with van der Waals surface area (Å²) in [4.78, 5) is 11.9. The predicted molar refractivity (Wildman–Crippen MR) is 94.8 cm³/mol. The van der Waals surface area contributed by atoms with Crippen LogP contribution in [0.1, 0.15) is 11.1 Å². The number of rotatable bonds is 6. The fourth-order valence-corrected chi connectivity index (χ4v) is 2.40. The van der Waals surface area contributed by atoms with Crippen molar-refractivity contribution >= 4 is 28.1 Å². The van der Waals surface area contributed by atoms with Gasteiger partial charge in [-0.05, 0) is 45.8 Å². The molecule has 126 valence electrons. The minimum atomic E-state index is -0.245. The van der Waals surface area contributed by atoms with Gasteiger partial charge >= 0.3 is 0 Å². The average molecular weight is 393 g/mol. The van der Waals surface area contributed by atoms with E-state index in [1.54, 1.807) is 31.4 Å². The summed E-state index contributed by atoms with van der Waals surface area (Å²) in [5.41, 5.74) is 3.91. The second kappa shape index (κ2) is 8.35. The maximum Gasteiger partial charge on any atom is 0.244 e. The topological polar surface area (TPSA) is 80.2 Å². The van der Waals surface area contributed by atoms with E-state index >= 15 is 0 Å². The van der Waals surface area contributed by atoms with Crippen LogP contribution in [0, 0.1) is 0 Å². The van der Waals surface area contributed by atoms with Crippen LogP contribution in [0.15, 0.2) is 46.0 Å². The van der Waals surface area contributed by atoms with Crippen molar-refractivity contribution in [1.29, 1.82) is 0 Å². The Labute approximate surface area is 148 Å². The Morgan fingerprint density at radius 1 is 1.21 bits per heavy atom. The molecule has 7 heteroatoms. The van der Waals surface area contributed by atoms with Gasteiger partial charge in [-0.3, -0.25) is 4.79 Å². The number of carbonyl (C=O) groups excluding carboxylic acids is 1. The summed E-state index contributed by atoms with van der Waals surface area (Å²) in [6.45, 7) is 0. The standard InChI is InChI=1S/C17H17BrN2O4/c1-23-13-6-3-11(4-7-13)9-15(21)20-19-10-12-5-8-14(24-2)17(22)16(12)18/h3-8,10,22H,9H2,1-2H3,(H,20,21)/b19-10-. The highest BCUT2D eigenvalue weighted by molar-refractivity contribution is 9.10. The summed E-state index contributed by atoms with van der Waals surface area (Å²) < 4.78 is 10.5. The van der Waals surface area contributed by atoms with Crippen LogP contribution in [0.2, 0.25) is 0 Å². The molecular formula is C17H17BrN2O4. The fraction of sp³-hybridized carbons (Fsp3) is 0.176. The van der Waals surface area contributed by atoms with Gasteiger partial charge in [0.1, 0.15) is 5.75 Å². The number of nitrogens with zero attached hydrogens (tertiary/aromatic N) is 1. The van der Waals surface area contributed by atoms with Crippen LogP contribution in [0.3, 0.4) is 0 Å². The molecule has 1 amide bonds. The monoisotopic (exact) mass is 392 g/mol. The summed E-state index contributed by atoms with van der Waals surface area (Å²) in [6.07, 6.45) is 1.64. The molecule has 0 saturated carbocycles. The Morgan fingerprint density at radius 2 is 1.92 bits per heavy atom. The van der Waals surface area contributed by atoms with Crippen LogP contribution in [0.4, 0.5) is 0 Å². The summed E-state index contributed by atoms with van der Waals surface area (Å²) >= 11 is 3.26. The molecule has 6 nitrogen and oxygen atoms in total. The van der Waals surface area contributed by atoms with E-state index < -0.39 is 0 Å². The molecule has 2 N–H and O–H groups in total. The molecule has 0 aliphatic rings. The number of aromatic hydroxyl groups is 1. The molecule has 0 spiro atoms. The molecule has 2 rings (SSSR count). The Bertz CT molecular complexity index is 745. The molecule has 0 aromatic heterocycles. The summed E-state index contributed by atoms with van der Waals surface area (Å²) in [5, 5.41) is 13.8. The minimum absolute atomic E-state index is 0.0222. The number of amides is 1.